The zero-order valence-corrected chi connectivity index (χ0v) is 12.4. The Bertz CT molecular complexity index is 543. The van der Waals surface area contributed by atoms with Crippen LogP contribution in [0.3, 0.4) is 0 Å². The lowest BCUT2D eigenvalue weighted by Gasteiger charge is -2.03. The van der Waals surface area contributed by atoms with Crippen LogP contribution in [0.4, 0.5) is 0 Å². The Kier molecular flexibility index (Phi) is 4.61. The summed E-state index contributed by atoms with van der Waals surface area (Å²) in [5.41, 5.74) is 2.98. The van der Waals surface area contributed by atoms with E-state index in [1.807, 2.05) is 28.7 Å². The van der Waals surface area contributed by atoms with E-state index in [0.717, 1.165) is 41.6 Å². The van der Waals surface area contributed by atoms with E-state index in [-0.39, 0.29) is 0 Å². The summed E-state index contributed by atoms with van der Waals surface area (Å²) in [6.45, 7) is 6.52. The van der Waals surface area contributed by atoms with Crippen LogP contribution >= 0.6 is 11.6 Å². The second-order valence-corrected chi connectivity index (χ2v) is 4.85. The highest BCUT2D eigenvalue weighted by molar-refractivity contribution is 6.31. The van der Waals surface area contributed by atoms with Crippen molar-refractivity contribution < 1.29 is 0 Å². The van der Waals surface area contributed by atoms with Gasteiger partial charge in [0.15, 0.2) is 0 Å². The van der Waals surface area contributed by atoms with Crippen molar-refractivity contribution in [3.8, 4) is 0 Å². The maximum absolute atomic E-state index is 6.33. The summed E-state index contributed by atoms with van der Waals surface area (Å²) in [7, 11) is 1.92. The summed E-state index contributed by atoms with van der Waals surface area (Å²) < 4.78 is 3.74. The molecule has 2 aromatic heterocycles. The maximum Gasteiger partial charge on any atom is 0.0869 e. The van der Waals surface area contributed by atoms with Crippen LogP contribution in [0.1, 0.15) is 30.9 Å². The molecule has 1 N–H and O–H groups in total. The van der Waals surface area contributed by atoms with Crippen molar-refractivity contribution in [2.24, 2.45) is 7.05 Å². The molecule has 0 aliphatic heterocycles. The van der Waals surface area contributed by atoms with Crippen LogP contribution in [0.15, 0.2) is 12.3 Å². The van der Waals surface area contributed by atoms with Gasteiger partial charge in [0.1, 0.15) is 0 Å². The monoisotopic (exact) mass is 281 g/mol. The van der Waals surface area contributed by atoms with E-state index in [0.29, 0.717) is 6.54 Å². The van der Waals surface area contributed by atoms with Gasteiger partial charge in [-0.15, -0.1) is 0 Å². The minimum Gasteiger partial charge on any atom is -0.311 e. The Balaban J connectivity index is 2.12. The first kappa shape index (κ1) is 14.1. The number of rotatable bonds is 6. The summed E-state index contributed by atoms with van der Waals surface area (Å²) in [5, 5.41) is 12.9. The average molecular weight is 282 g/mol. The van der Waals surface area contributed by atoms with E-state index in [4.69, 9.17) is 11.6 Å². The number of aryl methyl sites for hydroxylation is 2. The van der Waals surface area contributed by atoms with Gasteiger partial charge in [0.2, 0.25) is 0 Å². The molecule has 0 bridgehead atoms. The summed E-state index contributed by atoms with van der Waals surface area (Å²) in [4.78, 5) is 0. The Morgan fingerprint density at radius 1 is 1.32 bits per heavy atom. The first-order valence-electron chi connectivity index (χ1n) is 6.59. The highest BCUT2D eigenvalue weighted by atomic mass is 35.5. The Morgan fingerprint density at radius 3 is 2.74 bits per heavy atom. The molecular formula is C13H20ClN5. The first-order chi connectivity index (χ1) is 9.15. The first-order valence-corrected chi connectivity index (χ1v) is 6.96. The highest BCUT2D eigenvalue weighted by Crippen LogP contribution is 2.21. The van der Waals surface area contributed by atoms with Crippen LogP contribution < -0.4 is 5.32 Å². The molecule has 0 fully saturated rings. The van der Waals surface area contributed by atoms with Crippen molar-refractivity contribution in [3.63, 3.8) is 0 Å². The fourth-order valence-corrected chi connectivity index (χ4v) is 2.34. The van der Waals surface area contributed by atoms with Crippen LogP contribution in [0.5, 0.6) is 0 Å². The number of nitrogens with one attached hydrogen (secondary N) is 1. The van der Waals surface area contributed by atoms with Gasteiger partial charge in [-0.2, -0.15) is 10.2 Å². The van der Waals surface area contributed by atoms with Gasteiger partial charge in [-0.05, 0) is 19.0 Å². The number of hydrogen-bond acceptors (Lipinski definition) is 3. The third-order valence-corrected chi connectivity index (χ3v) is 3.50. The van der Waals surface area contributed by atoms with Crippen molar-refractivity contribution >= 4 is 11.6 Å². The minimum absolute atomic E-state index is 0.647. The van der Waals surface area contributed by atoms with Gasteiger partial charge in [0.25, 0.3) is 0 Å². The van der Waals surface area contributed by atoms with Gasteiger partial charge < -0.3 is 5.32 Å². The summed E-state index contributed by atoms with van der Waals surface area (Å²) >= 11 is 6.33. The topological polar surface area (TPSA) is 47.7 Å². The van der Waals surface area contributed by atoms with E-state index >= 15 is 0 Å². The zero-order valence-electron chi connectivity index (χ0n) is 11.6. The van der Waals surface area contributed by atoms with Crippen molar-refractivity contribution in [2.75, 3.05) is 6.54 Å². The number of halogens is 1. The second-order valence-electron chi connectivity index (χ2n) is 4.47. The number of nitrogens with zero attached hydrogens (tertiary/aromatic N) is 4. The normalized spacial score (nSPS) is 11.2. The number of hydrogen-bond donors (Lipinski definition) is 1. The Labute approximate surface area is 118 Å². The second kappa shape index (κ2) is 6.21. The van der Waals surface area contributed by atoms with Gasteiger partial charge >= 0.3 is 0 Å². The van der Waals surface area contributed by atoms with E-state index in [1.54, 1.807) is 0 Å². The lowest BCUT2D eigenvalue weighted by Crippen LogP contribution is -2.13. The molecule has 104 valence electrons. The molecular weight excluding hydrogens is 262 g/mol. The predicted octanol–water partition coefficient (Wildman–Crippen LogP) is 1.99. The van der Waals surface area contributed by atoms with Crippen molar-refractivity contribution in [1.29, 1.82) is 0 Å². The average Bonchev–Trinajstić information content (AvgIpc) is 2.96. The molecule has 6 heteroatoms. The maximum atomic E-state index is 6.33. The molecule has 0 radical (unpaired) electrons. The van der Waals surface area contributed by atoms with E-state index in [1.165, 1.54) is 0 Å². The molecule has 0 aromatic carbocycles. The Morgan fingerprint density at radius 2 is 2.11 bits per heavy atom. The van der Waals surface area contributed by atoms with E-state index in [9.17, 15) is 0 Å². The van der Waals surface area contributed by atoms with Crippen molar-refractivity contribution in [1.82, 2.24) is 24.9 Å². The molecule has 0 atom stereocenters. The van der Waals surface area contributed by atoms with E-state index < -0.39 is 0 Å². The van der Waals surface area contributed by atoms with Gasteiger partial charge in [0.05, 0.1) is 28.6 Å². The Hall–Kier alpha value is -1.33. The van der Waals surface area contributed by atoms with Crippen LogP contribution in [0.25, 0.3) is 0 Å². The molecule has 2 rings (SSSR count). The van der Waals surface area contributed by atoms with Crippen LogP contribution in [-0.2, 0) is 26.6 Å². The quantitative estimate of drug-likeness (QED) is 0.881. The molecule has 0 saturated carbocycles. The molecule has 0 spiro atoms. The molecule has 0 amide bonds. The van der Waals surface area contributed by atoms with Crippen LogP contribution in [0, 0.1) is 0 Å². The fraction of sp³-hybridized carbons (Fsp3) is 0.538. The third-order valence-electron chi connectivity index (χ3n) is 3.07. The van der Waals surface area contributed by atoms with E-state index in [2.05, 4.69) is 29.4 Å². The standard InChI is InChI=1S/C13H20ClN5/c1-4-11-13(14)12(18(3)17-11)9-19-7-6-10(16-19)8-15-5-2/h6-7,15H,4-5,8-9H2,1-3H3. The molecule has 0 aliphatic rings. The third kappa shape index (κ3) is 3.16. The number of aromatic nitrogens is 4. The summed E-state index contributed by atoms with van der Waals surface area (Å²) in [6, 6.07) is 2.02. The SMILES string of the molecule is CCNCc1ccn(Cc2c(Cl)c(CC)nn2C)n1. The molecule has 0 saturated heterocycles. The zero-order chi connectivity index (χ0) is 13.8. The van der Waals surface area contributed by atoms with Crippen LogP contribution in [-0.4, -0.2) is 26.1 Å². The van der Waals surface area contributed by atoms with Gasteiger partial charge in [-0.3, -0.25) is 9.36 Å². The largest absolute Gasteiger partial charge is 0.311 e. The molecule has 0 unspecified atom stereocenters. The molecule has 2 aromatic rings. The molecule has 5 nitrogen and oxygen atoms in total. The predicted molar refractivity (Wildman–Crippen MR) is 76.3 cm³/mol. The fourth-order valence-electron chi connectivity index (χ4n) is 1.98. The van der Waals surface area contributed by atoms with Gasteiger partial charge in [-0.1, -0.05) is 25.4 Å². The molecule has 2 heterocycles. The minimum atomic E-state index is 0.647. The smallest absolute Gasteiger partial charge is 0.0869 e. The summed E-state index contributed by atoms with van der Waals surface area (Å²) in [6.07, 6.45) is 2.82. The lowest BCUT2D eigenvalue weighted by atomic mass is 10.3. The van der Waals surface area contributed by atoms with Crippen molar-refractivity contribution in [3.05, 3.63) is 34.4 Å². The molecule has 19 heavy (non-hydrogen) atoms. The summed E-state index contributed by atoms with van der Waals surface area (Å²) in [5.74, 6) is 0. The lowest BCUT2D eigenvalue weighted by molar-refractivity contribution is 0.602. The van der Waals surface area contributed by atoms with Crippen LogP contribution in [0.2, 0.25) is 5.02 Å². The highest BCUT2D eigenvalue weighted by Gasteiger charge is 2.13. The van der Waals surface area contributed by atoms with Gasteiger partial charge in [0, 0.05) is 19.8 Å². The molecule has 0 aliphatic carbocycles. The van der Waals surface area contributed by atoms with Gasteiger partial charge in [-0.25, -0.2) is 0 Å². The van der Waals surface area contributed by atoms with Crippen molar-refractivity contribution in [2.45, 2.75) is 33.4 Å².